The van der Waals surface area contributed by atoms with Crippen molar-refractivity contribution in [2.75, 3.05) is 6.54 Å². The minimum absolute atomic E-state index is 0.00194. The normalized spacial score (nSPS) is 17.2. The van der Waals surface area contributed by atoms with Crippen LogP contribution in [0.3, 0.4) is 0 Å². The molecular weight excluding hydrogens is 566 g/mol. The van der Waals surface area contributed by atoms with Crippen molar-refractivity contribution >= 4 is 36.1 Å². The minimum atomic E-state index is -1.37. The third-order valence-electron chi connectivity index (χ3n) is 7.31. The first-order chi connectivity index (χ1) is 21.0. The molecule has 3 unspecified atom stereocenters. The fraction of sp³-hybridized carbons (Fsp3) is 0.419. The van der Waals surface area contributed by atoms with Crippen molar-refractivity contribution in [3.8, 4) is 0 Å². The number of primary amides is 1. The van der Waals surface area contributed by atoms with Crippen molar-refractivity contribution in [1.82, 2.24) is 20.9 Å². The van der Waals surface area contributed by atoms with Crippen LogP contribution in [0.2, 0.25) is 0 Å². The molecule has 1 heterocycles. The fourth-order valence-corrected chi connectivity index (χ4v) is 5.20. The average molecular weight is 608 g/mol. The maximum Gasteiger partial charge on any atom is 0.326 e. The van der Waals surface area contributed by atoms with Crippen LogP contribution < -0.4 is 27.4 Å². The standard InChI is InChI=1S/C31H41N7O6/c1-19(2)15-25(27(32)40)38(22(18-39)16-20-9-5-3-6-10-20)28(41)26(23-13-14-34-30(33)35-23)37-31(44)36-24(29(42)43)17-21-11-7-4-8-12-21/h3-12,18-19,22-26H,13-17H2,1-2H3,(H2,32,40)(H,42,43)(H3,33,34,35)(H2,36,37,44)/t22?,23?,24?,25-,26-/m0/s1. The first-order valence-corrected chi connectivity index (χ1v) is 14.5. The number of hydrogen-bond acceptors (Lipinski definition) is 8. The molecule has 2 aromatic carbocycles. The Labute approximate surface area is 256 Å². The molecule has 0 aliphatic carbocycles. The molecule has 13 nitrogen and oxygen atoms in total. The Hall–Kier alpha value is -4.94. The van der Waals surface area contributed by atoms with E-state index < -0.39 is 54.0 Å². The second-order valence-corrected chi connectivity index (χ2v) is 11.2. The number of benzene rings is 2. The van der Waals surface area contributed by atoms with Gasteiger partial charge in [0.25, 0.3) is 0 Å². The van der Waals surface area contributed by atoms with E-state index in [1.54, 1.807) is 54.6 Å². The molecule has 0 saturated carbocycles. The zero-order valence-electron chi connectivity index (χ0n) is 24.9. The molecule has 3 rings (SSSR count). The van der Waals surface area contributed by atoms with Gasteiger partial charge in [0, 0.05) is 13.0 Å². The highest BCUT2D eigenvalue weighted by molar-refractivity contribution is 5.95. The summed E-state index contributed by atoms with van der Waals surface area (Å²) in [5, 5.41) is 17.8. The van der Waals surface area contributed by atoms with E-state index in [1.807, 2.05) is 19.9 Å². The van der Waals surface area contributed by atoms with Gasteiger partial charge in [0.1, 0.15) is 24.4 Å². The fourth-order valence-electron chi connectivity index (χ4n) is 5.20. The van der Waals surface area contributed by atoms with Crippen molar-refractivity contribution < 1.29 is 29.1 Å². The molecule has 0 saturated heterocycles. The lowest BCUT2D eigenvalue weighted by Gasteiger charge is -2.40. The van der Waals surface area contributed by atoms with Gasteiger partial charge in [-0.05, 0) is 36.3 Å². The van der Waals surface area contributed by atoms with Gasteiger partial charge in [0.15, 0.2) is 5.96 Å². The summed E-state index contributed by atoms with van der Waals surface area (Å²) in [5.74, 6) is -2.85. The van der Waals surface area contributed by atoms with E-state index in [0.717, 1.165) is 10.5 Å². The number of carbonyl (C=O) groups excluding carboxylic acids is 4. The molecule has 0 spiro atoms. The van der Waals surface area contributed by atoms with Gasteiger partial charge in [-0.25, -0.2) is 9.59 Å². The molecule has 1 aliphatic heterocycles. The quantitative estimate of drug-likeness (QED) is 0.157. The van der Waals surface area contributed by atoms with Gasteiger partial charge >= 0.3 is 12.0 Å². The van der Waals surface area contributed by atoms with Crippen molar-refractivity contribution in [2.45, 2.75) is 69.7 Å². The summed E-state index contributed by atoms with van der Waals surface area (Å²) >= 11 is 0. The SMILES string of the molecule is CC(C)C[C@@H](C(N)=O)N(C(=O)[C@@H](NC(=O)NC(Cc1ccccc1)C(=O)O)C1CCN=C(N)N1)C(C=O)Cc1ccccc1. The van der Waals surface area contributed by atoms with Crippen LogP contribution in [-0.4, -0.2) is 82.8 Å². The maximum atomic E-state index is 14.5. The molecule has 44 heavy (non-hydrogen) atoms. The minimum Gasteiger partial charge on any atom is -0.480 e. The van der Waals surface area contributed by atoms with Crippen LogP contribution in [-0.2, 0) is 32.0 Å². The van der Waals surface area contributed by atoms with Gasteiger partial charge in [0.2, 0.25) is 11.8 Å². The summed E-state index contributed by atoms with van der Waals surface area (Å²) in [7, 11) is 0. The number of aliphatic carboxylic acids is 1. The lowest BCUT2D eigenvalue weighted by Crippen LogP contribution is -2.67. The predicted molar refractivity (Wildman–Crippen MR) is 164 cm³/mol. The van der Waals surface area contributed by atoms with Crippen LogP contribution in [0.4, 0.5) is 4.79 Å². The summed E-state index contributed by atoms with van der Waals surface area (Å²) in [4.78, 5) is 70.5. The number of carboxylic acids is 1. The number of carboxylic acid groups (broad SMARTS) is 1. The van der Waals surface area contributed by atoms with E-state index in [2.05, 4.69) is 20.9 Å². The van der Waals surface area contributed by atoms with E-state index >= 15 is 0 Å². The highest BCUT2D eigenvalue weighted by Gasteiger charge is 2.42. The summed E-state index contributed by atoms with van der Waals surface area (Å²) in [6, 6.07) is 11.1. The van der Waals surface area contributed by atoms with Gasteiger partial charge in [0.05, 0.1) is 12.1 Å². The first kappa shape index (κ1) is 33.6. The van der Waals surface area contributed by atoms with Crippen LogP contribution in [0.25, 0.3) is 0 Å². The van der Waals surface area contributed by atoms with E-state index in [4.69, 9.17) is 11.5 Å². The number of nitrogens with two attached hydrogens (primary N) is 2. The van der Waals surface area contributed by atoms with Crippen molar-refractivity contribution in [3.63, 3.8) is 0 Å². The van der Waals surface area contributed by atoms with Crippen LogP contribution in [0, 0.1) is 5.92 Å². The van der Waals surface area contributed by atoms with Crippen LogP contribution in [0.15, 0.2) is 65.7 Å². The Morgan fingerprint density at radius 2 is 1.61 bits per heavy atom. The summed E-state index contributed by atoms with van der Waals surface area (Å²) in [6.07, 6.45) is 1.12. The smallest absolute Gasteiger partial charge is 0.326 e. The number of urea groups is 1. The van der Waals surface area contributed by atoms with E-state index in [0.29, 0.717) is 11.8 Å². The Morgan fingerprint density at radius 3 is 2.11 bits per heavy atom. The first-order valence-electron chi connectivity index (χ1n) is 14.5. The Kier molecular flexibility index (Phi) is 12.2. The van der Waals surface area contributed by atoms with E-state index in [-0.39, 0.29) is 44.1 Å². The second-order valence-electron chi connectivity index (χ2n) is 11.2. The van der Waals surface area contributed by atoms with Gasteiger partial charge < -0.3 is 42.2 Å². The molecule has 2 aromatic rings. The molecule has 236 valence electrons. The topological polar surface area (TPSA) is 209 Å². The predicted octanol–water partition coefficient (Wildman–Crippen LogP) is 0.566. The van der Waals surface area contributed by atoms with Crippen LogP contribution >= 0.6 is 0 Å². The lowest BCUT2D eigenvalue weighted by molar-refractivity contribution is -0.146. The van der Waals surface area contributed by atoms with E-state index in [9.17, 15) is 29.1 Å². The number of nitrogens with one attached hydrogen (secondary N) is 3. The van der Waals surface area contributed by atoms with Gasteiger partial charge in [-0.1, -0.05) is 74.5 Å². The van der Waals surface area contributed by atoms with Crippen molar-refractivity contribution in [2.24, 2.45) is 22.4 Å². The third kappa shape index (κ3) is 9.54. The zero-order valence-corrected chi connectivity index (χ0v) is 24.9. The summed E-state index contributed by atoms with van der Waals surface area (Å²) in [6.45, 7) is 3.95. The molecular formula is C31H41N7O6. The molecule has 0 fully saturated rings. The largest absolute Gasteiger partial charge is 0.480 e. The van der Waals surface area contributed by atoms with Crippen molar-refractivity contribution in [1.29, 1.82) is 0 Å². The monoisotopic (exact) mass is 607 g/mol. The molecule has 0 radical (unpaired) electrons. The number of hydrogen-bond donors (Lipinski definition) is 6. The molecule has 5 atom stereocenters. The van der Waals surface area contributed by atoms with Crippen LogP contribution in [0.1, 0.15) is 37.8 Å². The third-order valence-corrected chi connectivity index (χ3v) is 7.31. The zero-order chi connectivity index (χ0) is 32.2. The second kappa shape index (κ2) is 16.1. The number of carbonyl (C=O) groups is 5. The number of aliphatic imine (C=N–C) groups is 1. The molecule has 13 heteroatoms. The summed E-state index contributed by atoms with van der Waals surface area (Å²) < 4.78 is 0. The average Bonchev–Trinajstić information content (AvgIpc) is 2.99. The number of nitrogens with zero attached hydrogens (tertiary/aromatic N) is 2. The van der Waals surface area contributed by atoms with Gasteiger partial charge in [-0.2, -0.15) is 0 Å². The number of amides is 4. The Balaban J connectivity index is 1.98. The number of guanidine groups is 1. The van der Waals surface area contributed by atoms with Crippen molar-refractivity contribution in [3.05, 3.63) is 71.8 Å². The van der Waals surface area contributed by atoms with E-state index in [1.165, 1.54) is 0 Å². The summed E-state index contributed by atoms with van der Waals surface area (Å²) in [5.41, 5.74) is 13.2. The van der Waals surface area contributed by atoms with Crippen LogP contribution in [0.5, 0.6) is 0 Å². The molecule has 8 N–H and O–H groups in total. The number of rotatable bonds is 15. The molecule has 1 aliphatic rings. The highest BCUT2D eigenvalue weighted by Crippen LogP contribution is 2.21. The molecule has 4 amide bonds. The molecule has 0 aromatic heterocycles. The van der Waals surface area contributed by atoms with Gasteiger partial charge in [-0.3, -0.25) is 14.6 Å². The highest BCUT2D eigenvalue weighted by atomic mass is 16.4. The Bertz CT molecular complexity index is 1320. The Morgan fingerprint density at radius 1 is 1.02 bits per heavy atom. The van der Waals surface area contributed by atoms with Gasteiger partial charge in [-0.15, -0.1) is 0 Å². The number of aldehydes is 1. The molecule has 0 bridgehead atoms. The lowest BCUT2D eigenvalue weighted by atomic mass is 9.94. The maximum absolute atomic E-state index is 14.5.